The van der Waals surface area contributed by atoms with E-state index in [1.165, 1.54) is 17.0 Å². The third kappa shape index (κ3) is 4.86. The molecule has 1 aromatic carbocycles. The first-order valence-corrected chi connectivity index (χ1v) is 6.48. The number of nitro groups is 1. The first-order chi connectivity index (χ1) is 8.91. The van der Waals surface area contributed by atoms with Gasteiger partial charge in [0.2, 0.25) is 5.91 Å². The average Bonchev–Trinajstić information content (AvgIpc) is 2.35. The molecule has 6 nitrogen and oxygen atoms in total. The van der Waals surface area contributed by atoms with Gasteiger partial charge >= 0.3 is 0 Å². The number of rotatable bonds is 6. The number of non-ortho nitro benzene ring substituents is 1. The molecule has 0 heterocycles. The highest BCUT2D eigenvalue weighted by atomic mass is 79.9. The Morgan fingerprint density at radius 1 is 1.47 bits per heavy atom. The second kappa shape index (κ2) is 7.08. The number of halogens is 1. The standard InChI is InChI=1S/C12H15BrN2O4/c1-14(2)12(16)4-3-7-19-11-8-9(15(17)18)5-6-10(11)13/h5-6,8H,3-4,7H2,1-2H3. The van der Waals surface area contributed by atoms with Crippen LogP contribution in [0.4, 0.5) is 5.69 Å². The van der Waals surface area contributed by atoms with Crippen molar-refractivity contribution in [2.75, 3.05) is 20.7 Å². The minimum absolute atomic E-state index is 0.0254. The van der Waals surface area contributed by atoms with E-state index in [0.29, 0.717) is 29.7 Å². The summed E-state index contributed by atoms with van der Waals surface area (Å²) >= 11 is 3.26. The minimum Gasteiger partial charge on any atom is -0.492 e. The van der Waals surface area contributed by atoms with Gasteiger partial charge < -0.3 is 9.64 Å². The van der Waals surface area contributed by atoms with E-state index in [1.807, 2.05) is 0 Å². The maximum Gasteiger partial charge on any atom is 0.273 e. The molecule has 0 fully saturated rings. The van der Waals surface area contributed by atoms with Crippen LogP contribution in [-0.4, -0.2) is 36.4 Å². The van der Waals surface area contributed by atoms with Crippen LogP contribution in [0, 0.1) is 10.1 Å². The van der Waals surface area contributed by atoms with Crippen molar-refractivity contribution in [3.8, 4) is 5.75 Å². The average molecular weight is 331 g/mol. The second-order valence-corrected chi connectivity index (χ2v) is 4.97. The molecule has 19 heavy (non-hydrogen) atoms. The lowest BCUT2D eigenvalue weighted by atomic mass is 10.3. The number of benzene rings is 1. The lowest BCUT2D eigenvalue weighted by Gasteiger charge is -2.11. The quantitative estimate of drug-likeness (QED) is 0.456. The third-order valence-electron chi connectivity index (χ3n) is 2.42. The van der Waals surface area contributed by atoms with Crippen LogP contribution in [0.1, 0.15) is 12.8 Å². The maximum absolute atomic E-state index is 11.3. The topological polar surface area (TPSA) is 72.7 Å². The molecule has 104 valence electrons. The molecular formula is C12H15BrN2O4. The van der Waals surface area contributed by atoms with E-state index in [0.717, 1.165) is 0 Å². The molecule has 0 aliphatic rings. The molecule has 0 unspecified atom stereocenters. The van der Waals surface area contributed by atoms with Crippen molar-refractivity contribution in [2.24, 2.45) is 0 Å². The molecule has 0 N–H and O–H groups in total. The fraction of sp³-hybridized carbons (Fsp3) is 0.417. The van der Waals surface area contributed by atoms with Gasteiger partial charge in [-0.15, -0.1) is 0 Å². The van der Waals surface area contributed by atoms with Gasteiger partial charge in [-0.25, -0.2) is 0 Å². The van der Waals surface area contributed by atoms with E-state index in [9.17, 15) is 14.9 Å². The zero-order valence-electron chi connectivity index (χ0n) is 10.8. The van der Waals surface area contributed by atoms with E-state index in [2.05, 4.69) is 15.9 Å². The Hall–Kier alpha value is -1.63. The zero-order valence-corrected chi connectivity index (χ0v) is 12.3. The lowest BCUT2D eigenvalue weighted by molar-refractivity contribution is -0.385. The Morgan fingerprint density at radius 2 is 2.16 bits per heavy atom. The fourth-order valence-corrected chi connectivity index (χ4v) is 1.71. The van der Waals surface area contributed by atoms with Crippen molar-refractivity contribution in [3.63, 3.8) is 0 Å². The highest BCUT2D eigenvalue weighted by molar-refractivity contribution is 9.10. The van der Waals surface area contributed by atoms with Crippen molar-refractivity contribution in [2.45, 2.75) is 12.8 Å². The number of carbonyl (C=O) groups excluding carboxylic acids is 1. The largest absolute Gasteiger partial charge is 0.492 e. The SMILES string of the molecule is CN(C)C(=O)CCCOc1cc([N+](=O)[O-])ccc1Br. The predicted octanol–water partition coefficient (Wildman–Crippen LogP) is 2.60. The van der Waals surface area contributed by atoms with E-state index >= 15 is 0 Å². The van der Waals surface area contributed by atoms with Crippen molar-refractivity contribution < 1.29 is 14.5 Å². The monoisotopic (exact) mass is 330 g/mol. The van der Waals surface area contributed by atoms with E-state index in [1.54, 1.807) is 20.2 Å². The molecule has 0 bridgehead atoms. The van der Waals surface area contributed by atoms with Crippen molar-refractivity contribution in [1.29, 1.82) is 0 Å². The Bertz CT molecular complexity index is 477. The molecule has 0 aliphatic heterocycles. The normalized spacial score (nSPS) is 10.1. The Morgan fingerprint density at radius 3 is 2.74 bits per heavy atom. The lowest BCUT2D eigenvalue weighted by Crippen LogP contribution is -2.21. The van der Waals surface area contributed by atoms with Crippen LogP contribution in [0.2, 0.25) is 0 Å². The first-order valence-electron chi connectivity index (χ1n) is 5.68. The summed E-state index contributed by atoms with van der Waals surface area (Å²) < 4.78 is 6.09. The summed E-state index contributed by atoms with van der Waals surface area (Å²) in [5.41, 5.74) is -0.0254. The zero-order chi connectivity index (χ0) is 14.4. The van der Waals surface area contributed by atoms with Gasteiger partial charge in [0.25, 0.3) is 5.69 Å². The third-order valence-corrected chi connectivity index (χ3v) is 3.07. The number of carbonyl (C=O) groups is 1. The van der Waals surface area contributed by atoms with E-state index in [4.69, 9.17) is 4.74 Å². The second-order valence-electron chi connectivity index (χ2n) is 4.11. The molecule has 0 atom stereocenters. The fourth-order valence-electron chi connectivity index (χ4n) is 1.35. The summed E-state index contributed by atoms with van der Waals surface area (Å²) in [5.74, 6) is 0.438. The van der Waals surface area contributed by atoms with E-state index < -0.39 is 4.92 Å². The number of amides is 1. The number of ether oxygens (including phenoxy) is 1. The Labute approximate surface area is 119 Å². The predicted molar refractivity (Wildman–Crippen MR) is 74.2 cm³/mol. The van der Waals surface area contributed by atoms with Crippen LogP contribution in [0.25, 0.3) is 0 Å². The van der Waals surface area contributed by atoms with Crippen molar-refractivity contribution in [1.82, 2.24) is 4.90 Å². The summed E-state index contributed by atoms with van der Waals surface area (Å²) in [5, 5.41) is 10.6. The van der Waals surface area contributed by atoms with Crippen molar-refractivity contribution >= 4 is 27.5 Å². The van der Waals surface area contributed by atoms with Gasteiger partial charge in [0.05, 0.1) is 22.1 Å². The molecule has 1 amide bonds. The van der Waals surface area contributed by atoms with E-state index in [-0.39, 0.29) is 11.6 Å². The van der Waals surface area contributed by atoms with Crippen LogP contribution in [0.5, 0.6) is 5.75 Å². The highest BCUT2D eigenvalue weighted by Gasteiger charge is 2.10. The molecule has 1 aromatic rings. The summed E-state index contributed by atoms with van der Waals surface area (Å²) in [4.78, 5) is 23.0. The summed E-state index contributed by atoms with van der Waals surface area (Å²) in [6, 6.07) is 4.32. The number of hydrogen-bond donors (Lipinski definition) is 0. The summed E-state index contributed by atoms with van der Waals surface area (Å²) in [6.45, 7) is 0.333. The molecule has 0 saturated carbocycles. The summed E-state index contributed by atoms with van der Waals surface area (Å²) in [7, 11) is 3.39. The van der Waals surface area contributed by atoms with Crippen molar-refractivity contribution in [3.05, 3.63) is 32.8 Å². The van der Waals surface area contributed by atoms with Gasteiger partial charge in [-0.3, -0.25) is 14.9 Å². The summed E-state index contributed by atoms with van der Waals surface area (Å²) in [6.07, 6.45) is 0.950. The number of hydrogen-bond acceptors (Lipinski definition) is 4. The molecule has 7 heteroatoms. The van der Waals surface area contributed by atoms with Gasteiger partial charge in [-0.1, -0.05) is 0 Å². The highest BCUT2D eigenvalue weighted by Crippen LogP contribution is 2.29. The first kappa shape index (κ1) is 15.4. The van der Waals surface area contributed by atoms with Gasteiger partial charge in [-0.05, 0) is 28.4 Å². The Balaban J connectivity index is 2.51. The van der Waals surface area contributed by atoms with Crippen LogP contribution < -0.4 is 4.74 Å². The van der Waals surface area contributed by atoms with Gasteiger partial charge in [0.15, 0.2) is 0 Å². The molecule has 0 aromatic heterocycles. The van der Waals surface area contributed by atoms with Crippen LogP contribution in [0.3, 0.4) is 0 Å². The Kier molecular flexibility index (Phi) is 5.75. The molecule has 1 rings (SSSR count). The molecule has 0 saturated heterocycles. The van der Waals surface area contributed by atoms with Crippen LogP contribution >= 0.6 is 15.9 Å². The van der Waals surface area contributed by atoms with Crippen LogP contribution in [-0.2, 0) is 4.79 Å². The van der Waals surface area contributed by atoms with Crippen LogP contribution in [0.15, 0.2) is 22.7 Å². The molecule has 0 aliphatic carbocycles. The van der Waals surface area contributed by atoms with Gasteiger partial charge in [-0.2, -0.15) is 0 Å². The minimum atomic E-state index is -0.477. The molecule has 0 spiro atoms. The van der Waals surface area contributed by atoms with Gasteiger partial charge in [0, 0.05) is 26.6 Å². The number of nitrogens with zero attached hydrogens (tertiary/aromatic N) is 2. The maximum atomic E-state index is 11.3. The van der Waals surface area contributed by atoms with Gasteiger partial charge in [0.1, 0.15) is 5.75 Å². The molecule has 0 radical (unpaired) electrons. The number of nitro benzene ring substituents is 1. The molecular weight excluding hydrogens is 316 g/mol. The smallest absolute Gasteiger partial charge is 0.273 e.